The fraction of sp³-hybridized carbons (Fsp3) is 0.333. The molecule has 0 amide bonds. The highest BCUT2D eigenvalue weighted by molar-refractivity contribution is 6.40. The zero-order valence-corrected chi connectivity index (χ0v) is 27.2. The highest BCUT2D eigenvalue weighted by Crippen LogP contribution is 2.42. The van der Waals surface area contributed by atoms with Crippen molar-refractivity contribution in [2.45, 2.75) is 78.6 Å². The van der Waals surface area contributed by atoms with Gasteiger partial charge in [-0.2, -0.15) is 0 Å². The van der Waals surface area contributed by atoms with Crippen LogP contribution in [0.15, 0.2) is 107 Å². The third kappa shape index (κ3) is 7.11. The fourth-order valence-electron chi connectivity index (χ4n) is 6.16. The Morgan fingerprint density at radius 2 is 1.95 bits per heavy atom. The highest BCUT2D eigenvalue weighted by atomic mass is 35.5. The van der Waals surface area contributed by atoms with Crippen molar-refractivity contribution in [3.05, 3.63) is 135 Å². The number of pyridine rings is 1. The number of benzene rings is 1. The third-order valence-electron chi connectivity index (χ3n) is 8.73. The Labute approximate surface area is 264 Å². The van der Waals surface area contributed by atoms with Crippen LogP contribution in [-0.4, -0.2) is 17.2 Å². The van der Waals surface area contributed by atoms with Gasteiger partial charge in [0.05, 0.1) is 16.4 Å². The van der Waals surface area contributed by atoms with Crippen molar-refractivity contribution in [1.82, 2.24) is 10.3 Å². The standard InChI is InChI=1S/C39H46ClN3/c1-8-15-30(24-42-35(11-4)31-21-26(6)38(41)28(10-3)22-31)36-23-34-25(5)19-20-32(34)39(43-36)33(16-9-2)37(40)27(7)29-17-13-12-14-18-29/h9,11-14,16-18,21-23,25,30,41-42H,2,6,8,10,15,19-20,24H2,1,3-5,7H3/b33-16+,35-11-,37-27-,41-38?. The van der Waals surface area contributed by atoms with Crippen molar-refractivity contribution in [3.8, 4) is 0 Å². The molecule has 0 saturated heterocycles. The lowest BCUT2D eigenvalue weighted by atomic mass is 9.90. The van der Waals surface area contributed by atoms with E-state index in [1.165, 1.54) is 11.1 Å². The van der Waals surface area contributed by atoms with E-state index >= 15 is 0 Å². The van der Waals surface area contributed by atoms with E-state index in [0.29, 0.717) is 16.7 Å². The predicted octanol–water partition coefficient (Wildman–Crippen LogP) is 10.6. The Balaban J connectivity index is 1.74. The molecule has 0 fully saturated rings. The van der Waals surface area contributed by atoms with Gasteiger partial charge in [-0.05, 0) is 103 Å². The second-order valence-electron chi connectivity index (χ2n) is 11.6. The van der Waals surface area contributed by atoms with Crippen LogP contribution in [0.4, 0.5) is 0 Å². The summed E-state index contributed by atoms with van der Waals surface area (Å²) >= 11 is 7.20. The molecule has 0 saturated carbocycles. The lowest BCUT2D eigenvalue weighted by molar-refractivity contribution is 0.565. The lowest BCUT2D eigenvalue weighted by Gasteiger charge is -2.24. The van der Waals surface area contributed by atoms with E-state index in [0.717, 1.165) is 89.2 Å². The van der Waals surface area contributed by atoms with Crippen LogP contribution in [0.2, 0.25) is 0 Å². The fourth-order valence-corrected chi connectivity index (χ4v) is 6.42. The summed E-state index contributed by atoms with van der Waals surface area (Å²) in [5.74, 6) is 0.700. The van der Waals surface area contributed by atoms with E-state index in [9.17, 15) is 0 Å². The molecular weight excluding hydrogens is 546 g/mol. The lowest BCUT2D eigenvalue weighted by Crippen LogP contribution is -2.24. The first-order valence-corrected chi connectivity index (χ1v) is 16.0. The normalized spacial score (nSPS) is 18.5. The van der Waals surface area contributed by atoms with Gasteiger partial charge in [0.2, 0.25) is 0 Å². The van der Waals surface area contributed by atoms with Gasteiger partial charge < -0.3 is 10.7 Å². The quantitative estimate of drug-likeness (QED) is 0.241. The monoisotopic (exact) mass is 591 g/mol. The Hall–Kier alpha value is -3.69. The summed E-state index contributed by atoms with van der Waals surface area (Å²) in [4.78, 5) is 5.41. The van der Waals surface area contributed by atoms with Crippen LogP contribution < -0.4 is 5.32 Å². The summed E-state index contributed by atoms with van der Waals surface area (Å²) in [7, 11) is 0. The summed E-state index contributed by atoms with van der Waals surface area (Å²) in [5.41, 5.74) is 12.3. The SMILES string of the molecule is C=C/C=C(\C(Cl)=C(/C)c1ccccc1)c1nc(C(CCC)CN/C(=C\C)C2=CC(=C)C(=N)C(CC)=C2)cc2c1CCC2C. The molecule has 0 bridgehead atoms. The zero-order chi connectivity index (χ0) is 31.1. The average molecular weight is 592 g/mol. The smallest absolute Gasteiger partial charge is 0.0755 e. The molecule has 2 aromatic rings. The summed E-state index contributed by atoms with van der Waals surface area (Å²) in [5, 5.41) is 12.8. The Bertz CT molecular complexity index is 1550. The molecule has 43 heavy (non-hydrogen) atoms. The van der Waals surface area contributed by atoms with Crippen LogP contribution in [0, 0.1) is 5.41 Å². The van der Waals surface area contributed by atoms with Gasteiger partial charge in [0, 0.05) is 29.4 Å². The van der Waals surface area contributed by atoms with Crippen molar-refractivity contribution >= 4 is 28.5 Å². The van der Waals surface area contributed by atoms with Crippen LogP contribution >= 0.6 is 11.6 Å². The number of halogens is 1. The van der Waals surface area contributed by atoms with Gasteiger partial charge in [-0.3, -0.25) is 4.98 Å². The Morgan fingerprint density at radius 3 is 2.60 bits per heavy atom. The maximum absolute atomic E-state index is 8.36. The number of fused-ring (bicyclic) bond motifs is 1. The number of hydrogen-bond acceptors (Lipinski definition) is 3. The van der Waals surface area contributed by atoms with Gasteiger partial charge in [0.25, 0.3) is 0 Å². The molecule has 224 valence electrons. The van der Waals surface area contributed by atoms with E-state index in [4.69, 9.17) is 22.0 Å². The minimum Gasteiger partial charge on any atom is -0.384 e. The van der Waals surface area contributed by atoms with Crippen LogP contribution in [0.25, 0.3) is 11.1 Å². The van der Waals surface area contributed by atoms with E-state index in [1.807, 2.05) is 36.4 Å². The van der Waals surface area contributed by atoms with Crippen molar-refractivity contribution in [1.29, 1.82) is 5.41 Å². The molecule has 1 aromatic carbocycles. The molecule has 1 heterocycles. The van der Waals surface area contributed by atoms with Crippen LogP contribution in [0.5, 0.6) is 0 Å². The van der Waals surface area contributed by atoms with Crippen molar-refractivity contribution in [2.24, 2.45) is 0 Å². The predicted molar refractivity (Wildman–Crippen MR) is 187 cm³/mol. The first-order valence-electron chi connectivity index (χ1n) is 15.6. The van der Waals surface area contributed by atoms with Gasteiger partial charge in [0.15, 0.2) is 0 Å². The molecule has 4 heteroatoms. The van der Waals surface area contributed by atoms with Gasteiger partial charge in [-0.25, -0.2) is 0 Å². The molecule has 1 aromatic heterocycles. The van der Waals surface area contributed by atoms with Gasteiger partial charge in [0.1, 0.15) is 0 Å². The minimum absolute atomic E-state index is 0.222. The third-order valence-corrected chi connectivity index (χ3v) is 9.21. The molecular formula is C39H46ClN3. The Kier molecular flexibility index (Phi) is 11.0. The van der Waals surface area contributed by atoms with Crippen LogP contribution in [0.3, 0.4) is 0 Å². The summed E-state index contributed by atoms with van der Waals surface area (Å²) in [6, 6.07) is 12.7. The van der Waals surface area contributed by atoms with Crippen molar-refractivity contribution in [2.75, 3.05) is 6.54 Å². The second-order valence-corrected chi connectivity index (χ2v) is 12.0. The van der Waals surface area contributed by atoms with Crippen molar-refractivity contribution < 1.29 is 0 Å². The summed E-state index contributed by atoms with van der Waals surface area (Å²) < 4.78 is 0. The molecule has 2 aliphatic carbocycles. The van der Waals surface area contributed by atoms with E-state index in [1.54, 1.807) is 0 Å². The van der Waals surface area contributed by atoms with E-state index in [-0.39, 0.29) is 5.92 Å². The number of nitrogens with zero attached hydrogens (tertiary/aromatic N) is 1. The summed E-state index contributed by atoms with van der Waals surface area (Å²) in [6.07, 6.45) is 15.1. The maximum Gasteiger partial charge on any atom is 0.0755 e. The molecule has 2 N–H and O–H groups in total. The topological polar surface area (TPSA) is 48.8 Å². The molecule has 0 aliphatic heterocycles. The minimum atomic E-state index is 0.222. The Morgan fingerprint density at radius 1 is 1.21 bits per heavy atom. The molecule has 4 rings (SSSR count). The van der Waals surface area contributed by atoms with Gasteiger partial charge >= 0.3 is 0 Å². The number of nitrogens with one attached hydrogen (secondary N) is 2. The molecule has 0 spiro atoms. The van der Waals surface area contributed by atoms with Crippen molar-refractivity contribution in [3.63, 3.8) is 0 Å². The van der Waals surface area contributed by atoms with Gasteiger partial charge in [-0.1, -0.05) is 101 Å². The van der Waals surface area contributed by atoms with Gasteiger partial charge in [-0.15, -0.1) is 0 Å². The average Bonchev–Trinajstić information content (AvgIpc) is 3.40. The van der Waals surface area contributed by atoms with E-state index in [2.05, 4.69) is 83.4 Å². The molecule has 3 nitrogen and oxygen atoms in total. The first kappa shape index (κ1) is 32.2. The molecule has 2 atom stereocenters. The van der Waals surface area contributed by atoms with Crippen LogP contribution in [-0.2, 0) is 6.42 Å². The second kappa shape index (κ2) is 14.7. The number of rotatable bonds is 12. The van der Waals surface area contributed by atoms with Crippen LogP contribution in [0.1, 0.15) is 100 Å². The summed E-state index contributed by atoms with van der Waals surface area (Å²) in [6.45, 7) is 19.7. The number of hydrogen-bond donors (Lipinski definition) is 2. The number of aromatic nitrogens is 1. The van der Waals surface area contributed by atoms with E-state index < -0.39 is 0 Å². The zero-order valence-electron chi connectivity index (χ0n) is 26.5. The molecule has 2 aliphatic rings. The molecule has 2 unspecified atom stereocenters. The number of allylic oxidation sites excluding steroid dienone is 10. The largest absolute Gasteiger partial charge is 0.384 e. The highest BCUT2D eigenvalue weighted by Gasteiger charge is 2.28. The first-order chi connectivity index (χ1) is 20.7. The maximum atomic E-state index is 8.36. The molecule has 0 radical (unpaired) electrons.